The fourth-order valence-electron chi connectivity index (χ4n) is 0.802. The summed E-state index contributed by atoms with van der Waals surface area (Å²) in [6, 6.07) is 4.25. The van der Waals surface area contributed by atoms with E-state index >= 15 is 0 Å². The van der Waals surface area contributed by atoms with Gasteiger partial charge < -0.3 is 4.55 Å². The third kappa shape index (κ3) is 4.58. The van der Waals surface area contributed by atoms with Crippen molar-refractivity contribution in [2.75, 3.05) is 5.43 Å². The number of nitro groups is 1. The third-order valence-electron chi connectivity index (χ3n) is 1.36. The molecule has 0 aliphatic heterocycles. The van der Waals surface area contributed by atoms with Crippen molar-refractivity contribution in [1.29, 1.82) is 0 Å². The van der Waals surface area contributed by atoms with Gasteiger partial charge in [0.1, 0.15) is 15.8 Å². The van der Waals surface area contributed by atoms with Gasteiger partial charge in [-0.3, -0.25) is 0 Å². The summed E-state index contributed by atoms with van der Waals surface area (Å²) in [6.45, 7) is 0. The minimum Gasteiger partial charge on any atom is -0.744 e. The molecule has 0 bridgehead atoms. The molecule has 0 unspecified atom stereocenters. The van der Waals surface area contributed by atoms with E-state index in [-0.39, 0.29) is 35.2 Å². The number of anilines is 1. The fourth-order valence-corrected chi connectivity index (χ4v) is 1.27. The van der Waals surface area contributed by atoms with Crippen LogP contribution < -0.4 is 35.0 Å². The van der Waals surface area contributed by atoms with Crippen LogP contribution in [-0.2, 0) is 10.1 Å². The van der Waals surface area contributed by atoms with Gasteiger partial charge in [-0.25, -0.2) is 18.5 Å². The van der Waals surface area contributed by atoms with Gasteiger partial charge in [0, 0.05) is 0 Å². The van der Waals surface area contributed by atoms with E-state index in [2.05, 4.69) is 0 Å². The summed E-state index contributed by atoms with van der Waals surface area (Å²) in [7, 11) is -4.50. The van der Waals surface area contributed by atoms with Crippen LogP contribution in [0.1, 0.15) is 0 Å². The Kier molecular flexibility index (Phi) is 5.18. The van der Waals surface area contributed by atoms with Crippen LogP contribution >= 0.6 is 0 Å². The van der Waals surface area contributed by atoms with E-state index in [1.165, 1.54) is 0 Å². The Labute approximate surface area is 108 Å². The normalized spacial score (nSPS) is 10.2. The van der Waals surface area contributed by atoms with E-state index in [0.29, 0.717) is 0 Å². The van der Waals surface area contributed by atoms with Gasteiger partial charge in [-0.15, -0.1) is 5.43 Å². The smallest absolute Gasteiger partial charge is 0.744 e. The molecule has 0 radical (unpaired) electrons. The zero-order chi connectivity index (χ0) is 10.8. The molecule has 15 heavy (non-hydrogen) atoms. The van der Waals surface area contributed by atoms with Gasteiger partial charge in [0.15, 0.2) is 5.03 Å². The summed E-state index contributed by atoms with van der Waals surface area (Å²) < 4.78 is 31.4. The molecule has 0 spiro atoms. The van der Waals surface area contributed by atoms with Crippen molar-refractivity contribution >= 4 is 15.8 Å². The van der Waals surface area contributed by atoms with Crippen molar-refractivity contribution < 1.29 is 47.6 Å². The quantitative estimate of drug-likeness (QED) is 0.264. The average molecular weight is 240 g/mol. The standard InChI is InChI=1S/C6H6N2O5S.Na/c9-8(10)7-5-1-3-6(4-2-5)14(11,12)13;/h1-4,7H,(H,11,12,13);/q;+1/p-1. The van der Waals surface area contributed by atoms with Crippen molar-refractivity contribution in [3.8, 4) is 0 Å². The first-order chi connectivity index (χ1) is 6.39. The second-order valence-electron chi connectivity index (χ2n) is 2.35. The van der Waals surface area contributed by atoms with Crippen LogP contribution in [0.15, 0.2) is 29.2 Å². The number of nitrogens with one attached hydrogen (secondary N) is 1. The van der Waals surface area contributed by atoms with Crippen LogP contribution in [0.25, 0.3) is 0 Å². The van der Waals surface area contributed by atoms with Crippen LogP contribution in [0.5, 0.6) is 0 Å². The molecule has 0 atom stereocenters. The molecule has 0 fully saturated rings. The molecule has 7 nitrogen and oxygen atoms in total. The molecule has 0 aromatic heterocycles. The monoisotopic (exact) mass is 240 g/mol. The van der Waals surface area contributed by atoms with Crippen molar-refractivity contribution in [3.63, 3.8) is 0 Å². The second-order valence-corrected chi connectivity index (χ2v) is 3.73. The Balaban J connectivity index is 0.00000196. The minimum atomic E-state index is -4.50. The molecule has 0 aliphatic rings. The molecule has 0 amide bonds. The molecular formula is C6H5N2NaO5S. The van der Waals surface area contributed by atoms with Gasteiger partial charge in [0.05, 0.1) is 4.90 Å². The van der Waals surface area contributed by atoms with E-state index < -0.39 is 20.0 Å². The number of rotatable bonds is 3. The maximum atomic E-state index is 10.5. The van der Waals surface area contributed by atoms with Crippen molar-refractivity contribution in [3.05, 3.63) is 34.4 Å². The Hall–Kier alpha value is -0.670. The van der Waals surface area contributed by atoms with Gasteiger partial charge in [-0.2, -0.15) is 0 Å². The van der Waals surface area contributed by atoms with Crippen molar-refractivity contribution in [1.82, 2.24) is 0 Å². The number of hydrogen-bond acceptors (Lipinski definition) is 5. The van der Waals surface area contributed by atoms with Crippen LogP contribution in [0.2, 0.25) is 0 Å². The van der Waals surface area contributed by atoms with Gasteiger partial charge in [0.25, 0.3) is 0 Å². The molecule has 76 valence electrons. The molecule has 9 heteroatoms. The predicted molar refractivity (Wildman–Crippen MR) is 45.0 cm³/mol. The van der Waals surface area contributed by atoms with Crippen molar-refractivity contribution in [2.45, 2.75) is 4.90 Å². The summed E-state index contributed by atoms with van der Waals surface area (Å²) in [5.41, 5.74) is 1.91. The first kappa shape index (κ1) is 14.3. The molecule has 0 aliphatic carbocycles. The molecular weight excluding hydrogens is 235 g/mol. The third-order valence-corrected chi connectivity index (χ3v) is 2.21. The summed E-state index contributed by atoms with van der Waals surface area (Å²) in [4.78, 5) is 9.54. The average Bonchev–Trinajstić information content (AvgIpc) is 2.02. The fraction of sp³-hybridized carbons (Fsp3) is 0. The maximum Gasteiger partial charge on any atom is 1.00 e. The van der Waals surface area contributed by atoms with E-state index in [0.717, 1.165) is 24.3 Å². The van der Waals surface area contributed by atoms with E-state index in [1.54, 1.807) is 0 Å². The van der Waals surface area contributed by atoms with Crippen LogP contribution in [0.3, 0.4) is 0 Å². The Bertz CT molecular complexity index is 443. The minimum absolute atomic E-state index is 0. The molecule has 1 aromatic rings. The van der Waals surface area contributed by atoms with Crippen LogP contribution in [0.4, 0.5) is 5.69 Å². The zero-order valence-corrected chi connectivity index (χ0v) is 10.5. The van der Waals surface area contributed by atoms with Crippen LogP contribution in [0, 0.1) is 10.1 Å². The Morgan fingerprint density at radius 2 is 1.67 bits per heavy atom. The largest absolute Gasteiger partial charge is 1.00 e. The van der Waals surface area contributed by atoms with Gasteiger partial charge in [-0.05, 0) is 24.3 Å². The number of hydrogen-bond donors (Lipinski definition) is 1. The van der Waals surface area contributed by atoms with Gasteiger partial charge in [0.2, 0.25) is 0 Å². The zero-order valence-electron chi connectivity index (χ0n) is 7.71. The number of hydrazine groups is 1. The molecule has 1 N–H and O–H groups in total. The summed E-state index contributed by atoms with van der Waals surface area (Å²) >= 11 is 0. The van der Waals surface area contributed by atoms with E-state index in [1.807, 2.05) is 5.43 Å². The topological polar surface area (TPSA) is 112 Å². The molecule has 0 saturated heterocycles. The molecule has 1 rings (SSSR count). The number of nitrogens with zero attached hydrogens (tertiary/aromatic N) is 1. The predicted octanol–water partition coefficient (Wildman–Crippen LogP) is -2.80. The van der Waals surface area contributed by atoms with Gasteiger partial charge in [-0.1, -0.05) is 0 Å². The van der Waals surface area contributed by atoms with E-state index in [4.69, 9.17) is 0 Å². The summed E-state index contributed by atoms with van der Waals surface area (Å²) in [6.07, 6.45) is 0. The first-order valence-electron chi connectivity index (χ1n) is 3.36. The SMILES string of the molecule is O=[N+]([O-])Nc1ccc(S(=O)(=O)[O-])cc1.[Na+]. The second kappa shape index (κ2) is 5.42. The molecule has 0 saturated carbocycles. The first-order valence-corrected chi connectivity index (χ1v) is 4.77. The van der Waals surface area contributed by atoms with E-state index in [9.17, 15) is 23.1 Å². The van der Waals surface area contributed by atoms with Crippen molar-refractivity contribution in [2.24, 2.45) is 0 Å². The van der Waals surface area contributed by atoms with Gasteiger partial charge >= 0.3 is 29.6 Å². The maximum absolute atomic E-state index is 10.5. The Morgan fingerprint density at radius 1 is 1.20 bits per heavy atom. The summed E-state index contributed by atoms with van der Waals surface area (Å²) in [5, 5.41) is 9.17. The summed E-state index contributed by atoms with van der Waals surface area (Å²) in [5.74, 6) is 0. The number of benzene rings is 1. The molecule has 0 heterocycles. The molecule has 1 aromatic carbocycles. The van der Waals surface area contributed by atoms with Crippen LogP contribution in [-0.4, -0.2) is 18.0 Å². The Morgan fingerprint density at radius 3 is 2.00 bits per heavy atom.